The highest BCUT2D eigenvalue weighted by atomic mass is 19.4. The number of carbonyl (C=O) groups excluding carboxylic acids is 1. The van der Waals surface area contributed by atoms with Crippen molar-refractivity contribution in [3.05, 3.63) is 29.3 Å². The van der Waals surface area contributed by atoms with Gasteiger partial charge in [0.2, 0.25) is 0 Å². The first-order chi connectivity index (χ1) is 13.5. The van der Waals surface area contributed by atoms with Gasteiger partial charge in [-0.25, -0.2) is 4.79 Å². The lowest BCUT2D eigenvalue weighted by molar-refractivity contribution is -0.137. The molecule has 0 spiro atoms. The highest BCUT2D eigenvalue weighted by Gasteiger charge is 2.31. The molecule has 29 heavy (non-hydrogen) atoms. The van der Waals surface area contributed by atoms with Gasteiger partial charge in [-0.05, 0) is 76.8 Å². The molecule has 1 aliphatic rings. The van der Waals surface area contributed by atoms with E-state index in [9.17, 15) is 18.0 Å². The van der Waals surface area contributed by atoms with Crippen LogP contribution in [0.1, 0.15) is 45.2 Å². The summed E-state index contributed by atoms with van der Waals surface area (Å²) in [5.74, 6) is 0.804. The number of carbonyl (C=O) groups is 1. The third kappa shape index (κ3) is 7.76. The second-order valence-corrected chi connectivity index (χ2v) is 8.34. The monoisotopic (exact) mass is 416 g/mol. The van der Waals surface area contributed by atoms with Gasteiger partial charge in [-0.3, -0.25) is 0 Å². The second-order valence-electron chi connectivity index (χ2n) is 8.34. The van der Waals surface area contributed by atoms with Crippen LogP contribution < -0.4 is 10.1 Å². The molecule has 164 valence electrons. The van der Waals surface area contributed by atoms with Gasteiger partial charge in [0.05, 0.1) is 12.2 Å². The van der Waals surface area contributed by atoms with Crippen LogP contribution in [0, 0.1) is 5.92 Å². The lowest BCUT2D eigenvalue weighted by atomic mass is 10.1. The number of rotatable bonds is 7. The number of alkyl carbamates (subject to hydrolysis) is 1. The Balaban J connectivity index is 1.87. The number of hydrogen-bond donors (Lipinski definition) is 1. The molecule has 1 saturated heterocycles. The van der Waals surface area contributed by atoms with E-state index in [4.69, 9.17) is 9.47 Å². The lowest BCUT2D eigenvalue weighted by Crippen LogP contribution is -2.36. The summed E-state index contributed by atoms with van der Waals surface area (Å²) in [6.45, 7) is 10.5. The maximum Gasteiger partial charge on any atom is 0.416 e. The van der Waals surface area contributed by atoms with Crippen LogP contribution in [0.3, 0.4) is 0 Å². The van der Waals surface area contributed by atoms with Crippen molar-refractivity contribution in [1.29, 1.82) is 0 Å². The first-order valence-electron chi connectivity index (χ1n) is 10.00. The van der Waals surface area contributed by atoms with Crippen molar-refractivity contribution >= 4 is 6.09 Å². The van der Waals surface area contributed by atoms with Crippen LogP contribution in [-0.4, -0.2) is 49.4 Å². The van der Waals surface area contributed by atoms with Crippen LogP contribution in [0.5, 0.6) is 5.75 Å². The van der Waals surface area contributed by atoms with Crippen molar-refractivity contribution in [3.8, 4) is 5.75 Å². The van der Waals surface area contributed by atoms with Gasteiger partial charge in [-0.2, -0.15) is 13.2 Å². The molecule has 1 heterocycles. The summed E-state index contributed by atoms with van der Waals surface area (Å²) in [6.07, 6.45) is -3.39. The Labute approximate surface area is 170 Å². The molecule has 1 aromatic carbocycles. The zero-order chi connectivity index (χ0) is 21.7. The fourth-order valence-electron chi connectivity index (χ4n) is 3.35. The summed E-state index contributed by atoms with van der Waals surface area (Å²) in [7, 11) is 0. The molecule has 0 saturated carbocycles. The van der Waals surface area contributed by atoms with E-state index in [0.717, 1.165) is 25.6 Å². The van der Waals surface area contributed by atoms with E-state index < -0.39 is 23.4 Å². The molecule has 1 aromatic rings. The molecule has 1 unspecified atom stereocenters. The first-order valence-corrected chi connectivity index (χ1v) is 10.00. The van der Waals surface area contributed by atoms with Gasteiger partial charge in [0.15, 0.2) is 0 Å². The number of amides is 1. The van der Waals surface area contributed by atoms with Gasteiger partial charge in [0.1, 0.15) is 11.4 Å². The third-order valence-electron chi connectivity index (χ3n) is 4.69. The molecule has 1 aliphatic heterocycles. The van der Waals surface area contributed by atoms with Crippen LogP contribution in [0.15, 0.2) is 18.2 Å². The Morgan fingerprint density at radius 3 is 2.62 bits per heavy atom. The Hall–Kier alpha value is -1.96. The molecule has 0 radical (unpaired) electrons. The van der Waals surface area contributed by atoms with Crippen LogP contribution in [0.2, 0.25) is 0 Å². The fourth-order valence-corrected chi connectivity index (χ4v) is 3.35. The topological polar surface area (TPSA) is 50.8 Å². The average Bonchev–Trinajstić information content (AvgIpc) is 3.05. The lowest BCUT2D eigenvalue weighted by Gasteiger charge is -2.21. The summed E-state index contributed by atoms with van der Waals surface area (Å²) in [6, 6.07) is 3.64. The minimum absolute atomic E-state index is 0.301. The number of alkyl halides is 3. The van der Waals surface area contributed by atoms with Crippen molar-refractivity contribution in [1.82, 2.24) is 10.2 Å². The van der Waals surface area contributed by atoms with E-state index in [2.05, 4.69) is 10.2 Å². The minimum Gasteiger partial charge on any atom is -0.494 e. The maximum absolute atomic E-state index is 13.0. The van der Waals surface area contributed by atoms with E-state index in [1.807, 2.05) is 27.7 Å². The quantitative estimate of drug-likeness (QED) is 0.712. The van der Waals surface area contributed by atoms with Gasteiger partial charge in [-0.1, -0.05) is 0 Å². The molecule has 8 heteroatoms. The summed E-state index contributed by atoms with van der Waals surface area (Å²) in [4.78, 5) is 14.0. The molecular weight excluding hydrogens is 385 g/mol. The largest absolute Gasteiger partial charge is 0.494 e. The van der Waals surface area contributed by atoms with Crippen molar-refractivity contribution < 1.29 is 27.4 Å². The van der Waals surface area contributed by atoms with E-state index in [1.54, 1.807) is 0 Å². The summed E-state index contributed by atoms with van der Waals surface area (Å²) < 4.78 is 49.8. The van der Waals surface area contributed by atoms with Gasteiger partial charge in [0, 0.05) is 19.6 Å². The Morgan fingerprint density at radius 1 is 1.28 bits per heavy atom. The Morgan fingerprint density at radius 2 is 2.00 bits per heavy atom. The smallest absolute Gasteiger partial charge is 0.416 e. The van der Waals surface area contributed by atoms with Crippen LogP contribution in [0.4, 0.5) is 18.0 Å². The zero-order valence-electron chi connectivity index (χ0n) is 17.6. The average molecular weight is 416 g/mol. The van der Waals surface area contributed by atoms with Crippen molar-refractivity contribution in [2.75, 3.05) is 32.8 Å². The molecule has 1 fully saturated rings. The maximum atomic E-state index is 13.0. The minimum atomic E-state index is -4.37. The van der Waals surface area contributed by atoms with Crippen molar-refractivity contribution in [3.63, 3.8) is 0 Å². The predicted octanol–water partition coefficient (Wildman–Crippen LogP) is 4.49. The zero-order valence-corrected chi connectivity index (χ0v) is 17.6. The highest BCUT2D eigenvalue weighted by molar-refractivity contribution is 5.67. The normalized spacial score (nSPS) is 18.0. The van der Waals surface area contributed by atoms with Gasteiger partial charge >= 0.3 is 12.3 Å². The van der Waals surface area contributed by atoms with Crippen molar-refractivity contribution in [2.45, 2.75) is 52.3 Å². The SMILES string of the molecule is CCOc1ccc(C(F)(F)F)cc1CCN1CCC(CNC(=O)OC(C)(C)C)C1. The van der Waals surface area contributed by atoms with Crippen LogP contribution >= 0.6 is 0 Å². The predicted molar refractivity (Wildman–Crippen MR) is 105 cm³/mol. The summed E-state index contributed by atoms with van der Waals surface area (Å²) >= 11 is 0. The molecule has 0 bridgehead atoms. The van der Waals surface area contributed by atoms with Crippen LogP contribution in [-0.2, 0) is 17.3 Å². The number of hydrogen-bond acceptors (Lipinski definition) is 4. The molecule has 5 nitrogen and oxygen atoms in total. The van der Waals surface area contributed by atoms with Crippen LogP contribution in [0.25, 0.3) is 0 Å². The standard InChI is InChI=1S/C21H31F3N2O3/c1-5-28-18-7-6-17(21(22,23)24)12-16(18)9-11-26-10-8-15(14-26)13-25-19(27)29-20(2,3)4/h6-7,12,15H,5,8-11,13-14H2,1-4H3,(H,25,27). The van der Waals surface area contributed by atoms with Gasteiger partial charge in [-0.15, -0.1) is 0 Å². The number of ether oxygens (including phenoxy) is 2. The summed E-state index contributed by atoms with van der Waals surface area (Å²) in [5.41, 5.74) is -0.622. The first kappa shape index (κ1) is 23.3. The van der Waals surface area contributed by atoms with E-state index in [0.29, 0.717) is 43.3 Å². The molecule has 1 amide bonds. The molecule has 2 rings (SSSR count). The molecule has 1 N–H and O–H groups in total. The van der Waals surface area contributed by atoms with E-state index >= 15 is 0 Å². The Kier molecular flexibility index (Phi) is 7.80. The van der Waals surface area contributed by atoms with Crippen molar-refractivity contribution in [2.24, 2.45) is 5.92 Å². The number of nitrogens with zero attached hydrogens (tertiary/aromatic N) is 1. The Bertz CT molecular complexity index is 687. The molecular formula is C21H31F3N2O3. The second kappa shape index (κ2) is 9.69. The van der Waals surface area contributed by atoms with E-state index in [-0.39, 0.29) is 0 Å². The number of benzene rings is 1. The number of halogens is 3. The fraction of sp³-hybridized carbons (Fsp3) is 0.667. The third-order valence-corrected chi connectivity index (χ3v) is 4.69. The van der Waals surface area contributed by atoms with E-state index in [1.165, 1.54) is 12.1 Å². The summed E-state index contributed by atoms with van der Waals surface area (Å²) in [5, 5.41) is 2.79. The molecule has 0 aromatic heterocycles. The number of likely N-dealkylation sites (tertiary alicyclic amines) is 1. The molecule has 0 aliphatic carbocycles. The van der Waals surface area contributed by atoms with Gasteiger partial charge in [0.25, 0.3) is 0 Å². The van der Waals surface area contributed by atoms with Gasteiger partial charge < -0.3 is 19.7 Å². The molecule has 1 atom stereocenters. The number of nitrogens with one attached hydrogen (secondary N) is 1. The highest BCUT2D eigenvalue weighted by Crippen LogP contribution is 2.33.